The molecule has 0 bridgehead atoms. The molecule has 0 saturated carbocycles. The van der Waals surface area contributed by atoms with Gasteiger partial charge in [0.2, 0.25) is 0 Å². The Kier molecular flexibility index (Phi) is 4.62. The Bertz CT molecular complexity index is 911. The number of nitrogens with two attached hydrogens (primary N) is 1. The number of amidine groups is 1. The van der Waals surface area contributed by atoms with Crippen molar-refractivity contribution in [3.63, 3.8) is 0 Å². The third-order valence-corrected chi connectivity index (χ3v) is 5.55. The second-order valence-corrected chi connectivity index (χ2v) is 7.79. The van der Waals surface area contributed by atoms with Crippen LogP contribution < -0.4 is 5.73 Å². The lowest BCUT2D eigenvalue weighted by Gasteiger charge is -2.42. The zero-order valence-electron chi connectivity index (χ0n) is 14.6. The van der Waals surface area contributed by atoms with Gasteiger partial charge in [-0.1, -0.05) is 6.07 Å². The summed E-state index contributed by atoms with van der Waals surface area (Å²) in [6.07, 6.45) is 0.124. The average molecular weight is 399 g/mol. The number of nitrogens with zero attached hydrogens (tertiary/aromatic N) is 2. The lowest BCUT2D eigenvalue weighted by atomic mass is 9.77. The van der Waals surface area contributed by atoms with E-state index in [9.17, 15) is 22.4 Å². The fraction of sp³-hybridized carbons (Fsp3) is 0.389. The van der Waals surface area contributed by atoms with Crippen LogP contribution in [-0.4, -0.2) is 28.2 Å². The number of hydrogen-bond acceptors (Lipinski definition) is 5. The number of halogens is 4. The van der Waals surface area contributed by atoms with Gasteiger partial charge in [0, 0.05) is 23.6 Å². The summed E-state index contributed by atoms with van der Waals surface area (Å²) in [6.45, 7) is 1.93. The zero-order chi connectivity index (χ0) is 20.0. The molecule has 0 saturated heterocycles. The molecule has 0 fully saturated rings. The third-order valence-electron chi connectivity index (χ3n) is 4.74. The number of thiazole rings is 1. The molecule has 2 N–H and O–H groups in total. The summed E-state index contributed by atoms with van der Waals surface area (Å²) in [5, 5.41) is 1.91. The first kappa shape index (κ1) is 19.5. The maximum Gasteiger partial charge on any atom is 0.280 e. The number of aromatic nitrogens is 1. The fourth-order valence-electron chi connectivity index (χ4n) is 3.05. The Morgan fingerprint density at radius 3 is 2.63 bits per heavy atom. The van der Waals surface area contributed by atoms with Crippen molar-refractivity contribution in [2.75, 3.05) is 0 Å². The van der Waals surface area contributed by atoms with Crippen LogP contribution in [0.2, 0.25) is 0 Å². The summed E-state index contributed by atoms with van der Waals surface area (Å²) in [4.78, 5) is 19.8. The Labute approximate surface area is 157 Å². The number of rotatable bonds is 4. The van der Waals surface area contributed by atoms with Crippen LogP contribution in [0.1, 0.15) is 41.2 Å². The van der Waals surface area contributed by atoms with Crippen molar-refractivity contribution in [3.8, 4) is 0 Å². The van der Waals surface area contributed by atoms with Gasteiger partial charge in [-0.15, -0.1) is 11.3 Å². The monoisotopic (exact) mass is 399 g/mol. The summed E-state index contributed by atoms with van der Waals surface area (Å²) in [7, 11) is 0. The van der Waals surface area contributed by atoms with Crippen molar-refractivity contribution in [2.24, 2.45) is 10.7 Å². The van der Waals surface area contributed by atoms with Crippen LogP contribution in [0.5, 0.6) is 0 Å². The first-order valence-electron chi connectivity index (χ1n) is 8.10. The van der Waals surface area contributed by atoms with Crippen molar-refractivity contribution in [1.29, 1.82) is 0 Å². The van der Waals surface area contributed by atoms with Gasteiger partial charge in [0.05, 0.1) is 6.42 Å². The predicted molar refractivity (Wildman–Crippen MR) is 94.6 cm³/mol. The summed E-state index contributed by atoms with van der Waals surface area (Å²) >= 11 is 1.15. The summed E-state index contributed by atoms with van der Waals surface area (Å²) in [5.41, 5.74) is 0.558. The smallest absolute Gasteiger partial charge is 0.280 e. The Morgan fingerprint density at radius 2 is 2.00 bits per heavy atom. The lowest BCUT2D eigenvalue weighted by molar-refractivity contribution is -0.106. The topological polar surface area (TPSA) is 68.3 Å². The number of hydrogen-bond donors (Lipinski definition) is 1. The van der Waals surface area contributed by atoms with Crippen LogP contribution in [0.25, 0.3) is 0 Å². The van der Waals surface area contributed by atoms with Gasteiger partial charge in [0.25, 0.3) is 5.92 Å². The van der Waals surface area contributed by atoms with E-state index in [-0.39, 0.29) is 17.2 Å². The van der Waals surface area contributed by atoms with Gasteiger partial charge >= 0.3 is 0 Å². The van der Waals surface area contributed by atoms with Crippen LogP contribution in [0, 0.1) is 5.82 Å². The number of aliphatic imine (C=N–C) groups is 1. The van der Waals surface area contributed by atoms with E-state index in [0.717, 1.165) is 37.3 Å². The van der Waals surface area contributed by atoms with Crippen LogP contribution in [0.3, 0.4) is 0 Å². The zero-order valence-corrected chi connectivity index (χ0v) is 15.4. The first-order valence-corrected chi connectivity index (χ1v) is 8.98. The molecule has 1 aromatic heterocycles. The minimum Gasteiger partial charge on any atom is -0.385 e. The van der Waals surface area contributed by atoms with Gasteiger partial charge in [-0.3, -0.25) is 9.79 Å². The highest BCUT2D eigenvalue weighted by atomic mass is 32.1. The number of carbonyl (C=O) groups is 1. The van der Waals surface area contributed by atoms with Crippen molar-refractivity contribution >= 4 is 23.0 Å². The molecule has 0 aliphatic carbocycles. The summed E-state index contributed by atoms with van der Waals surface area (Å²) < 4.78 is 58.2. The molecule has 1 aromatic carbocycles. The molecule has 9 heteroatoms. The molecule has 4 nitrogen and oxygen atoms in total. The van der Waals surface area contributed by atoms with E-state index < -0.39 is 40.8 Å². The van der Waals surface area contributed by atoms with Crippen molar-refractivity contribution in [2.45, 2.75) is 43.8 Å². The van der Waals surface area contributed by atoms with Gasteiger partial charge in [0.1, 0.15) is 11.7 Å². The molecule has 2 aromatic rings. The molecule has 1 aliphatic heterocycles. The standard InChI is InChI=1S/C18H17F4N3OS/c1-16(20)9-18(21,22)17(2,25-15(16)23)11-7-10(3-4-12(11)19)8-13(26)14-24-5-6-27-14/h3-7H,8-9H2,1-2H3,(H2,23,25)/t16-,17-/m1/s1. The van der Waals surface area contributed by atoms with E-state index >= 15 is 0 Å². The van der Waals surface area contributed by atoms with E-state index in [4.69, 9.17) is 5.73 Å². The third kappa shape index (κ3) is 3.36. The van der Waals surface area contributed by atoms with E-state index in [1.807, 2.05) is 0 Å². The number of alkyl halides is 3. The van der Waals surface area contributed by atoms with E-state index in [2.05, 4.69) is 9.98 Å². The van der Waals surface area contributed by atoms with Gasteiger partial charge in [-0.25, -0.2) is 22.5 Å². The first-order chi connectivity index (χ1) is 12.5. The van der Waals surface area contributed by atoms with E-state index in [0.29, 0.717) is 5.56 Å². The second kappa shape index (κ2) is 6.40. The predicted octanol–water partition coefficient (Wildman–Crippen LogP) is 4.05. The second-order valence-electron chi connectivity index (χ2n) is 6.90. The fourth-order valence-corrected chi connectivity index (χ4v) is 3.63. The molecule has 2 atom stereocenters. The average Bonchev–Trinajstić information content (AvgIpc) is 3.08. The van der Waals surface area contributed by atoms with Gasteiger partial charge in [0.15, 0.2) is 22.0 Å². The van der Waals surface area contributed by atoms with Crippen LogP contribution >= 0.6 is 11.3 Å². The largest absolute Gasteiger partial charge is 0.385 e. The Hall–Kier alpha value is -2.29. The van der Waals surface area contributed by atoms with Crippen LogP contribution in [-0.2, 0) is 12.0 Å². The maximum absolute atomic E-state index is 14.8. The van der Waals surface area contributed by atoms with Gasteiger partial charge in [-0.2, -0.15) is 0 Å². The molecule has 0 unspecified atom stereocenters. The molecule has 2 heterocycles. The van der Waals surface area contributed by atoms with Gasteiger partial charge < -0.3 is 5.73 Å². The highest BCUT2D eigenvalue weighted by molar-refractivity contribution is 7.11. The number of ketones is 1. The minimum atomic E-state index is -3.68. The molecule has 27 heavy (non-hydrogen) atoms. The summed E-state index contributed by atoms with van der Waals surface area (Å²) in [6, 6.07) is 3.49. The molecule has 0 amide bonds. The molecular weight excluding hydrogens is 382 g/mol. The minimum absolute atomic E-state index is 0.136. The normalized spacial score (nSPS) is 27.3. The highest BCUT2D eigenvalue weighted by Gasteiger charge is 2.60. The quantitative estimate of drug-likeness (QED) is 0.623. The Morgan fingerprint density at radius 1 is 1.30 bits per heavy atom. The van der Waals surface area contributed by atoms with E-state index in [1.165, 1.54) is 12.3 Å². The summed E-state index contributed by atoms with van der Waals surface area (Å²) in [5.74, 6) is -5.54. The number of carbonyl (C=O) groups excluding carboxylic acids is 1. The lowest BCUT2D eigenvalue weighted by Crippen LogP contribution is -2.56. The molecule has 3 rings (SSSR count). The molecule has 0 spiro atoms. The van der Waals surface area contributed by atoms with Crippen molar-refractivity contribution < 1.29 is 22.4 Å². The van der Waals surface area contributed by atoms with Crippen molar-refractivity contribution in [1.82, 2.24) is 4.98 Å². The van der Waals surface area contributed by atoms with Crippen molar-refractivity contribution in [3.05, 3.63) is 51.7 Å². The molecular formula is C18H17F4N3OS. The van der Waals surface area contributed by atoms with Crippen LogP contribution in [0.4, 0.5) is 17.6 Å². The van der Waals surface area contributed by atoms with E-state index in [1.54, 1.807) is 5.38 Å². The number of Topliss-reactive ketones (excluding diaryl/α,β-unsaturated/α-hetero) is 1. The molecule has 1 aliphatic rings. The van der Waals surface area contributed by atoms with Gasteiger partial charge in [-0.05, 0) is 31.5 Å². The molecule has 144 valence electrons. The Balaban J connectivity index is 2.03. The molecule has 0 radical (unpaired) electrons. The van der Waals surface area contributed by atoms with Crippen LogP contribution in [0.15, 0.2) is 34.8 Å². The maximum atomic E-state index is 14.8. The number of benzene rings is 1. The highest BCUT2D eigenvalue weighted by Crippen LogP contribution is 2.50. The SMILES string of the molecule is C[C@@]1(F)CC(F)(F)[C@@](C)(c2cc(CC(=O)c3nccs3)ccc2F)N=C1N.